The van der Waals surface area contributed by atoms with Crippen LogP contribution in [0.5, 0.6) is 0 Å². The zero-order valence-corrected chi connectivity index (χ0v) is 17.9. The minimum Gasteiger partial charge on any atom is -0.344 e. The molecule has 0 radical (unpaired) electrons. The van der Waals surface area contributed by atoms with Crippen LogP contribution in [0, 0.1) is 13.8 Å². The lowest BCUT2D eigenvalue weighted by atomic mass is 10.2. The molecule has 3 aromatic rings. The van der Waals surface area contributed by atoms with Gasteiger partial charge < -0.3 is 14.8 Å². The zero-order chi connectivity index (χ0) is 21.0. The van der Waals surface area contributed by atoms with Gasteiger partial charge in [0.2, 0.25) is 0 Å². The Morgan fingerprint density at radius 1 is 1.00 bits per heavy atom. The number of rotatable bonds is 5. The zero-order valence-electron chi connectivity index (χ0n) is 17.1. The fraction of sp³-hybridized carbons (Fsp3) is 0.217. The molecular formula is C23H25N3O2S. The molecule has 0 aliphatic heterocycles. The van der Waals surface area contributed by atoms with Crippen LogP contribution in [-0.2, 0) is 6.54 Å². The third-order valence-electron chi connectivity index (χ3n) is 4.68. The number of aryl methyl sites for hydroxylation is 1. The predicted octanol–water partition coefficient (Wildman–Crippen LogP) is 5.18. The van der Waals surface area contributed by atoms with Gasteiger partial charge in [-0.3, -0.25) is 9.59 Å². The maximum absolute atomic E-state index is 12.8. The normalized spacial score (nSPS) is 10.6. The molecule has 0 unspecified atom stereocenters. The van der Waals surface area contributed by atoms with Gasteiger partial charge >= 0.3 is 0 Å². The SMILES string of the molecule is Cc1cc(C(=O)Nc2ccc(SC(=O)N(C)C)cc2)c(C)n1Cc1ccccc1. The van der Waals surface area contributed by atoms with Crippen molar-refractivity contribution in [1.82, 2.24) is 9.47 Å². The number of benzene rings is 2. The van der Waals surface area contributed by atoms with E-state index in [2.05, 4.69) is 22.0 Å². The third-order valence-corrected chi connectivity index (χ3v) is 5.73. The van der Waals surface area contributed by atoms with Crippen LogP contribution in [0.1, 0.15) is 27.3 Å². The van der Waals surface area contributed by atoms with Crippen molar-refractivity contribution in [1.29, 1.82) is 0 Å². The summed E-state index contributed by atoms with van der Waals surface area (Å²) >= 11 is 1.16. The number of aromatic nitrogens is 1. The number of nitrogens with zero attached hydrogens (tertiary/aromatic N) is 2. The molecule has 0 saturated carbocycles. The second-order valence-electron chi connectivity index (χ2n) is 7.10. The number of carbonyl (C=O) groups is 2. The summed E-state index contributed by atoms with van der Waals surface area (Å²) in [7, 11) is 3.44. The summed E-state index contributed by atoms with van der Waals surface area (Å²) in [5.74, 6) is -0.137. The molecule has 0 atom stereocenters. The maximum atomic E-state index is 12.8. The first-order valence-electron chi connectivity index (χ1n) is 9.36. The Hall–Kier alpha value is -2.99. The predicted molar refractivity (Wildman–Crippen MR) is 119 cm³/mol. The van der Waals surface area contributed by atoms with Gasteiger partial charge in [-0.25, -0.2) is 0 Å². The van der Waals surface area contributed by atoms with Crippen LogP contribution in [-0.4, -0.2) is 34.7 Å². The number of carbonyl (C=O) groups excluding carboxylic acids is 2. The van der Waals surface area contributed by atoms with E-state index in [1.165, 1.54) is 10.5 Å². The van der Waals surface area contributed by atoms with E-state index >= 15 is 0 Å². The first kappa shape index (κ1) is 20.7. The molecule has 1 N–H and O–H groups in total. The fourth-order valence-electron chi connectivity index (χ4n) is 3.04. The number of thioether (sulfide) groups is 1. The van der Waals surface area contributed by atoms with Crippen LogP contribution < -0.4 is 5.32 Å². The van der Waals surface area contributed by atoms with Crippen LogP contribution in [0.25, 0.3) is 0 Å². The Kier molecular flexibility index (Phi) is 6.44. The van der Waals surface area contributed by atoms with Crippen molar-refractivity contribution in [2.45, 2.75) is 25.3 Å². The molecule has 2 amide bonds. The van der Waals surface area contributed by atoms with Crippen molar-refractivity contribution in [3.63, 3.8) is 0 Å². The third kappa shape index (κ3) is 5.09. The van der Waals surface area contributed by atoms with E-state index in [1.807, 2.05) is 62.4 Å². The number of anilines is 1. The van der Waals surface area contributed by atoms with Gasteiger partial charge in [0.1, 0.15) is 0 Å². The van der Waals surface area contributed by atoms with E-state index in [1.54, 1.807) is 14.1 Å². The summed E-state index contributed by atoms with van der Waals surface area (Å²) in [5.41, 5.74) is 4.55. The van der Waals surface area contributed by atoms with E-state index in [0.29, 0.717) is 11.3 Å². The molecule has 0 fully saturated rings. The van der Waals surface area contributed by atoms with Gasteiger partial charge in [0.25, 0.3) is 11.1 Å². The van der Waals surface area contributed by atoms with Crippen molar-refractivity contribution in [3.8, 4) is 0 Å². The van der Waals surface area contributed by atoms with Crippen LogP contribution in [0.3, 0.4) is 0 Å². The number of amides is 2. The van der Waals surface area contributed by atoms with Gasteiger partial charge in [-0.15, -0.1) is 0 Å². The van der Waals surface area contributed by atoms with Crippen molar-refractivity contribution in [2.24, 2.45) is 0 Å². The van der Waals surface area contributed by atoms with Gasteiger partial charge in [0.05, 0.1) is 5.56 Å². The molecule has 0 aliphatic carbocycles. The maximum Gasteiger partial charge on any atom is 0.285 e. The summed E-state index contributed by atoms with van der Waals surface area (Å²) < 4.78 is 2.15. The Bertz CT molecular complexity index is 1010. The molecule has 29 heavy (non-hydrogen) atoms. The van der Waals surface area contributed by atoms with E-state index < -0.39 is 0 Å². The number of hydrogen-bond donors (Lipinski definition) is 1. The Balaban J connectivity index is 1.71. The van der Waals surface area contributed by atoms with E-state index in [0.717, 1.165) is 34.6 Å². The average molecular weight is 408 g/mol. The molecule has 5 nitrogen and oxygen atoms in total. The summed E-state index contributed by atoms with van der Waals surface area (Å²) in [6.45, 7) is 4.72. The molecule has 150 valence electrons. The molecule has 1 aromatic heterocycles. The Morgan fingerprint density at radius 2 is 1.66 bits per heavy atom. The van der Waals surface area contributed by atoms with Crippen LogP contribution in [0.15, 0.2) is 65.6 Å². The second kappa shape index (κ2) is 9.01. The highest BCUT2D eigenvalue weighted by atomic mass is 32.2. The number of nitrogens with one attached hydrogen (secondary N) is 1. The minimum absolute atomic E-state index is 0.0346. The summed E-state index contributed by atoms with van der Waals surface area (Å²) in [6, 6.07) is 19.4. The summed E-state index contributed by atoms with van der Waals surface area (Å²) in [6.07, 6.45) is 0. The average Bonchev–Trinajstić information content (AvgIpc) is 2.98. The highest BCUT2D eigenvalue weighted by Gasteiger charge is 2.16. The molecule has 0 saturated heterocycles. The molecule has 0 spiro atoms. The molecular weight excluding hydrogens is 382 g/mol. The minimum atomic E-state index is -0.137. The summed E-state index contributed by atoms with van der Waals surface area (Å²) in [4.78, 5) is 27.0. The molecule has 6 heteroatoms. The van der Waals surface area contributed by atoms with E-state index in [4.69, 9.17) is 0 Å². The van der Waals surface area contributed by atoms with Gasteiger partial charge in [0, 0.05) is 42.6 Å². The fourth-order valence-corrected chi connectivity index (χ4v) is 3.69. The molecule has 0 aliphatic rings. The highest BCUT2D eigenvalue weighted by Crippen LogP contribution is 2.23. The van der Waals surface area contributed by atoms with E-state index in [-0.39, 0.29) is 11.1 Å². The highest BCUT2D eigenvalue weighted by molar-refractivity contribution is 8.13. The van der Waals surface area contributed by atoms with Gasteiger partial charge in [0.15, 0.2) is 0 Å². The molecule has 1 heterocycles. The first-order valence-corrected chi connectivity index (χ1v) is 10.2. The topological polar surface area (TPSA) is 54.3 Å². The lowest BCUT2D eigenvalue weighted by molar-refractivity contribution is 0.102. The van der Waals surface area contributed by atoms with Crippen molar-refractivity contribution in [3.05, 3.63) is 83.2 Å². The lowest BCUT2D eigenvalue weighted by Gasteiger charge is -2.11. The Morgan fingerprint density at radius 3 is 2.28 bits per heavy atom. The molecule has 2 aromatic carbocycles. The van der Waals surface area contributed by atoms with Gasteiger partial charge in [-0.1, -0.05) is 30.3 Å². The molecule has 0 bridgehead atoms. The van der Waals surface area contributed by atoms with Crippen LogP contribution >= 0.6 is 11.8 Å². The van der Waals surface area contributed by atoms with Crippen molar-refractivity contribution >= 4 is 28.6 Å². The molecule has 3 rings (SSSR count). The van der Waals surface area contributed by atoms with Gasteiger partial charge in [-0.2, -0.15) is 0 Å². The summed E-state index contributed by atoms with van der Waals surface area (Å²) in [5, 5.41) is 2.92. The van der Waals surface area contributed by atoms with Crippen molar-refractivity contribution in [2.75, 3.05) is 19.4 Å². The quantitative estimate of drug-likeness (QED) is 0.593. The Labute approximate surface area is 175 Å². The smallest absolute Gasteiger partial charge is 0.285 e. The monoisotopic (exact) mass is 407 g/mol. The second-order valence-corrected chi connectivity index (χ2v) is 8.12. The first-order chi connectivity index (χ1) is 13.8. The van der Waals surface area contributed by atoms with Crippen molar-refractivity contribution < 1.29 is 9.59 Å². The lowest BCUT2D eigenvalue weighted by Crippen LogP contribution is -2.16. The van der Waals surface area contributed by atoms with Crippen LogP contribution in [0.2, 0.25) is 0 Å². The largest absolute Gasteiger partial charge is 0.344 e. The van der Waals surface area contributed by atoms with Gasteiger partial charge in [-0.05, 0) is 61.5 Å². The van der Waals surface area contributed by atoms with Crippen LogP contribution in [0.4, 0.5) is 10.5 Å². The number of hydrogen-bond acceptors (Lipinski definition) is 3. The van der Waals surface area contributed by atoms with E-state index in [9.17, 15) is 9.59 Å². The standard InChI is InChI=1S/C23H25N3O2S/c1-16-14-21(17(2)26(16)15-18-8-6-5-7-9-18)22(27)24-19-10-12-20(13-11-19)29-23(28)25(3)4/h5-14H,15H2,1-4H3,(H,24,27).